The molecular weight excluding hydrogens is 247 g/mol. The average molecular weight is 252 g/mol. The van der Waals surface area contributed by atoms with Crippen LogP contribution in [0.1, 0.15) is 11.3 Å². The van der Waals surface area contributed by atoms with Gasteiger partial charge < -0.3 is 0 Å². The Hall–Kier alpha value is -0.860. The second kappa shape index (κ2) is 4.77. The van der Waals surface area contributed by atoms with Crippen molar-refractivity contribution in [1.82, 2.24) is 4.98 Å². The van der Waals surface area contributed by atoms with E-state index in [4.69, 9.17) is 11.6 Å². The highest BCUT2D eigenvalue weighted by Crippen LogP contribution is 2.30. The summed E-state index contributed by atoms with van der Waals surface area (Å²) in [7, 11) is 0. The first-order valence-corrected chi connectivity index (χ1v) is 4.78. The molecule has 1 rings (SSSR count). The lowest BCUT2D eigenvalue weighted by atomic mass is 10.2. The maximum atomic E-state index is 12.2. The van der Waals surface area contributed by atoms with Gasteiger partial charge >= 0.3 is 6.18 Å². The van der Waals surface area contributed by atoms with E-state index in [0.717, 1.165) is 6.07 Å². The molecule has 15 heavy (non-hydrogen) atoms. The summed E-state index contributed by atoms with van der Waals surface area (Å²) in [6.07, 6.45) is -3.74. The summed E-state index contributed by atoms with van der Waals surface area (Å²) in [5, 5.41) is -0.112. The minimum Gasteiger partial charge on any atom is -0.246 e. The number of pyridine rings is 1. The van der Waals surface area contributed by atoms with E-state index in [9.17, 15) is 13.2 Å². The Morgan fingerprint density at radius 3 is 2.60 bits per heavy atom. The number of alkyl halides is 3. The van der Waals surface area contributed by atoms with Gasteiger partial charge in [0.05, 0.1) is 16.3 Å². The van der Waals surface area contributed by atoms with Crippen molar-refractivity contribution in [3.8, 4) is 11.8 Å². The third-order valence-electron chi connectivity index (χ3n) is 1.45. The van der Waals surface area contributed by atoms with E-state index >= 15 is 0 Å². The van der Waals surface area contributed by atoms with Crippen molar-refractivity contribution >= 4 is 24.2 Å². The summed E-state index contributed by atoms with van der Waals surface area (Å²) in [5.74, 6) is 5.34. The largest absolute Gasteiger partial charge is 0.417 e. The zero-order valence-corrected chi connectivity index (χ0v) is 8.92. The normalized spacial score (nSPS) is 10.7. The van der Waals surface area contributed by atoms with Crippen LogP contribution in [0.25, 0.3) is 0 Å². The molecule has 6 heteroatoms. The molecule has 0 aliphatic rings. The monoisotopic (exact) mass is 251 g/mol. The first kappa shape index (κ1) is 12.2. The van der Waals surface area contributed by atoms with Crippen LogP contribution in [0.3, 0.4) is 0 Å². The van der Waals surface area contributed by atoms with E-state index in [2.05, 4.69) is 29.5 Å². The van der Waals surface area contributed by atoms with Crippen molar-refractivity contribution in [3.05, 3.63) is 28.5 Å². The van der Waals surface area contributed by atoms with Crippen molar-refractivity contribution in [2.45, 2.75) is 6.18 Å². The molecule has 0 fully saturated rings. The highest BCUT2D eigenvalue weighted by atomic mass is 35.5. The molecule has 0 saturated carbocycles. The summed E-state index contributed by atoms with van der Waals surface area (Å²) < 4.78 is 36.6. The van der Waals surface area contributed by atoms with Gasteiger partial charge in [-0.1, -0.05) is 17.5 Å². The molecule has 0 aliphatic carbocycles. The average Bonchev–Trinajstić information content (AvgIpc) is 2.14. The number of hydrogen-bond acceptors (Lipinski definition) is 2. The first-order valence-electron chi connectivity index (χ1n) is 3.77. The molecule has 0 bridgehead atoms. The fourth-order valence-corrected chi connectivity index (χ4v) is 1.10. The fourth-order valence-electron chi connectivity index (χ4n) is 0.808. The third-order valence-corrected chi connectivity index (χ3v) is 1.90. The van der Waals surface area contributed by atoms with Gasteiger partial charge in [-0.25, -0.2) is 4.98 Å². The fraction of sp³-hybridized carbons (Fsp3) is 0.222. The first-order chi connectivity index (χ1) is 6.95. The zero-order valence-electron chi connectivity index (χ0n) is 7.27. The van der Waals surface area contributed by atoms with Crippen LogP contribution in [0.5, 0.6) is 0 Å². The summed E-state index contributed by atoms with van der Waals surface area (Å²) in [5.41, 5.74) is -0.761. The Kier molecular flexibility index (Phi) is 3.89. The highest BCUT2D eigenvalue weighted by molar-refractivity contribution is 7.80. The third kappa shape index (κ3) is 3.33. The Morgan fingerprint density at radius 2 is 2.13 bits per heavy atom. The number of nitrogens with zero attached hydrogens (tertiary/aromatic N) is 1. The standard InChI is InChI=1S/C9H5ClF3NS/c10-7-4-6(9(11,12)13)5-14-8(7)2-1-3-15/h4-5,15H,3H2. The van der Waals surface area contributed by atoms with Crippen LogP contribution >= 0.6 is 24.2 Å². The molecule has 0 saturated heterocycles. The number of halogens is 4. The van der Waals surface area contributed by atoms with Gasteiger partial charge in [0, 0.05) is 6.20 Å². The summed E-state index contributed by atoms with van der Waals surface area (Å²) in [4.78, 5) is 3.52. The molecule has 0 aliphatic heterocycles. The molecule has 0 unspecified atom stereocenters. The molecule has 1 aromatic rings. The van der Waals surface area contributed by atoms with Gasteiger partial charge in [-0.3, -0.25) is 0 Å². The molecular formula is C9H5ClF3NS. The molecule has 0 spiro atoms. The topological polar surface area (TPSA) is 12.9 Å². The predicted molar refractivity (Wildman–Crippen MR) is 55.0 cm³/mol. The van der Waals surface area contributed by atoms with Crippen molar-refractivity contribution in [1.29, 1.82) is 0 Å². The van der Waals surface area contributed by atoms with Gasteiger partial charge in [0.15, 0.2) is 0 Å². The van der Waals surface area contributed by atoms with Crippen LogP contribution in [-0.2, 0) is 6.18 Å². The van der Waals surface area contributed by atoms with Crippen LogP contribution < -0.4 is 0 Å². The predicted octanol–water partition coefficient (Wildman–Crippen LogP) is 3.04. The van der Waals surface area contributed by atoms with Crippen LogP contribution in [-0.4, -0.2) is 10.7 Å². The van der Waals surface area contributed by atoms with Crippen molar-refractivity contribution in [2.75, 3.05) is 5.75 Å². The summed E-state index contributed by atoms with van der Waals surface area (Å²) >= 11 is 9.41. The van der Waals surface area contributed by atoms with Crippen LogP contribution in [0, 0.1) is 11.8 Å². The van der Waals surface area contributed by atoms with E-state index in [1.54, 1.807) is 0 Å². The Morgan fingerprint density at radius 1 is 1.47 bits per heavy atom. The summed E-state index contributed by atoms with van der Waals surface area (Å²) in [6, 6.07) is 0.803. The van der Waals surface area contributed by atoms with E-state index < -0.39 is 11.7 Å². The molecule has 0 atom stereocenters. The van der Waals surface area contributed by atoms with Crippen molar-refractivity contribution < 1.29 is 13.2 Å². The number of aromatic nitrogens is 1. The van der Waals surface area contributed by atoms with Gasteiger partial charge in [0.2, 0.25) is 0 Å². The lowest BCUT2D eigenvalue weighted by Gasteiger charge is -2.06. The van der Waals surface area contributed by atoms with Gasteiger partial charge in [-0.15, -0.1) is 0 Å². The SMILES string of the molecule is FC(F)(F)c1cnc(C#CCS)c(Cl)c1. The van der Waals surface area contributed by atoms with E-state index in [0.29, 0.717) is 11.9 Å². The van der Waals surface area contributed by atoms with Crippen molar-refractivity contribution in [2.24, 2.45) is 0 Å². The molecule has 80 valence electrons. The van der Waals surface area contributed by atoms with Crippen LogP contribution in [0.2, 0.25) is 5.02 Å². The molecule has 1 heterocycles. The maximum absolute atomic E-state index is 12.2. The van der Waals surface area contributed by atoms with Gasteiger partial charge in [0.25, 0.3) is 0 Å². The van der Waals surface area contributed by atoms with E-state index in [-0.39, 0.29) is 10.7 Å². The second-order valence-corrected chi connectivity index (χ2v) is 3.24. The molecule has 0 aromatic carbocycles. The maximum Gasteiger partial charge on any atom is 0.417 e. The zero-order chi connectivity index (χ0) is 11.5. The molecule has 1 aromatic heterocycles. The van der Waals surface area contributed by atoms with Gasteiger partial charge in [-0.2, -0.15) is 25.8 Å². The second-order valence-electron chi connectivity index (χ2n) is 2.51. The lowest BCUT2D eigenvalue weighted by molar-refractivity contribution is -0.137. The van der Waals surface area contributed by atoms with Crippen LogP contribution in [0.15, 0.2) is 12.3 Å². The smallest absolute Gasteiger partial charge is 0.246 e. The van der Waals surface area contributed by atoms with E-state index in [1.165, 1.54) is 0 Å². The molecule has 1 nitrogen and oxygen atoms in total. The lowest BCUT2D eigenvalue weighted by Crippen LogP contribution is -2.05. The van der Waals surface area contributed by atoms with Gasteiger partial charge in [0.1, 0.15) is 5.69 Å². The number of rotatable bonds is 0. The van der Waals surface area contributed by atoms with E-state index in [1.807, 2.05) is 0 Å². The summed E-state index contributed by atoms with van der Waals surface area (Å²) in [6.45, 7) is 0. The minimum absolute atomic E-state index is 0.112. The van der Waals surface area contributed by atoms with Crippen LogP contribution in [0.4, 0.5) is 13.2 Å². The molecule has 0 amide bonds. The Balaban J connectivity index is 3.09. The Bertz CT molecular complexity index is 420. The quantitative estimate of drug-likeness (QED) is 0.552. The van der Waals surface area contributed by atoms with Gasteiger partial charge in [-0.05, 0) is 12.0 Å². The Labute approximate surface area is 95.1 Å². The highest BCUT2D eigenvalue weighted by Gasteiger charge is 2.31. The number of hydrogen-bond donors (Lipinski definition) is 1. The minimum atomic E-state index is -4.44. The number of thiol groups is 1. The molecule has 0 radical (unpaired) electrons. The van der Waals surface area contributed by atoms with Crippen molar-refractivity contribution in [3.63, 3.8) is 0 Å². The molecule has 0 N–H and O–H groups in total.